The first-order chi connectivity index (χ1) is 10.3. The van der Waals surface area contributed by atoms with Crippen molar-refractivity contribution in [2.75, 3.05) is 20.6 Å². The molecule has 22 heavy (non-hydrogen) atoms. The number of hydrogen-bond acceptors (Lipinski definition) is 2. The molecule has 0 aromatic rings. The zero-order valence-corrected chi connectivity index (χ0v) is 15.9. The van der Waals surface area contributed by atoms with Crippen molar-refractivity contribution in [3.63, 3.8) is 0 Å². The van der Waals surface area contributed by atoms with Crippen molar-refractivity contribution in [2.24, 2.45) is 5.73 Å². The number of rotatable bonds is 14. The topological polar surface area (TPSA) is 43.1 Å². The third-order valence-corrected chi connectivity index (χ3v) is 5.11. The van der Waals surface area contributed by atoms with Gasteiger partial charge in [0, 0.05) is 13.3 Å². The van der Waals surface area contributed by atoms with Crippen LogP contribution in [0.5, 0.6) is 0 Å². The standard InChI is InChI=1S/C19H41N2O/c1-6-8-9-10-11-12-13-14-15-16-18(22)19(3,20)21(4,5)17-7-2/h6-17,20H2,1-5H3/q+1. The van der Waals surface area contributed by atoms with Crippen LogP contribution < -0.4 is 5.73 Å². The molecule has 0 spiro atoms. The summed E-state index contributed by atoms with van der Waals surface area (Å²) >= 11 is 0. The number of likely N-dealkylation sites (N-methyl/N-ethyl adjacent to an activating group) is 1. The minimum atomic E-state index is -0.754. The van der Waals surface area contributed by atoms with E-state index in [1.54, 1.807) is 0 Å². The summed E-state index contributed by atoms with van der Waals surface area (Å²) in [6.07, 6.45) is 13.2. The lowest BCUT2D eigenvalue weighted by Crippen LogP contribution is -2.68. The van der Waals surface area contributed by atoms with Crippen LogP contribution in [0, 0.1) is 0 Å². The van der Waals surface area contributed by atoms with Crippen molar-refractivity contribution in [1.29, 1.82) is 0 Å². The SMILES string of the molecule is CCCCCCCCCCCC(=O)C(C)(N)[N+](C)(C)CCC. The fourth-order valence-corrected chi connectivity index (χ4v) is 2.98. The highest BCUT2D eigenvalue weighted by Gasteiger charge is 2.42. The molecule has 0 aliphatic carbocycles. The molecule has 0 aliphatic rings. The summed E-state index contributed by atoms with van der Waals surface area (Å²) in [6.45, 7) is 7.24. The van der Waals surface area contributed by atoms with Gasteiger partial charge in [0.15, 0.2) is 0 Å². The van der Waals surface area contributed by atoms with E-state index in [0.29, 0.717) is 10.9 Å². The van der Waals surface area contributed by atoms with Crippen LogP contribution in [0.15, 0.2) is 0 Å². The summed E-state index contributed by atoms with van der Waals surface area (Å²) in [5, 5.41) is 0. The van der Waals surface area contributed by atoms with Gasteiger partial charge in [-0.15, -0.1) is 0 Å². The van der Waals surface area contributed by atoms with E-state index in [9.17, 15) is 4.79 Å². The number of Topliss-reactive ketones (excluding diaryl/α,β-unsaturated/α-hetero) is 1. The zero-order valence-electron chi connectivity index (χ0n) is 15.9. The van der Waals surface area contributed by atoms with Gasteiger partial charge in [-0.3, -0.25) is 10.5 Å². The Morgan fingerprint density at radius 3 is 1.77 bits per heavy atom. The molecule has 0 heterocycles. The van der Waals surface area contributed by atoms with E-state index in [4.69, 9.17) is 5.73 Å². The molecule has 132 valence electrons. The van der Waals surface area contributed by atoms with Gasteiger partial charge in [0.2, 0.25) is 11.4 Å². The van der Waals surface area contributed by atoms with E-state index >= 15 is 0 Å². The summed E-state index contributed by atoms with van der Waals surface area (Å²) in [5.41, 5.74) is 5.60. The molecule has 1 atom stereocenters. The molecule has 0 saturated carbocycles. The van der Waals surface area contributed by atoms with E-state index in [0.717, 1.165) is 25.8 Å². The van der Waals surface area contributed by atoms with Gasteiger partial charge >= 0.3 is 0 Å². The smallest absolute Gasteiger partial charge is 0.208 e. The molecule has 0 aliphatic heterocycles. The minimum absolute atomic E-state index is 0.217. The van der Waals surface area contributed by atoms with Gasteiger partial charge in [0.25, 0.3) is 0 Å². The Bertz CT molecular complexity index is 298. The molecule has 0 aromatic carbocycles. The number of unbranched alkanes of at least 4 members (excludes halogenated alkanes) is 8. The van der Waals surface area contributed by atoms with Crippen LogP contribution in [0.4, 0.5) is 0 Å². The molecule has 0 fully saturated rings. The van der Waals surface area contributed by atoms with Crippen molar-refractivity contribution >= 4 is 5.78 Å². The highest BCUT2D eigenvalue weighted by molar-refractivity contribution is 5.86. The molecule has 0 radical (unpaired) electrons. The van der Waals surface area contributed by atoms with Crippen molar-refractivity contribution in [3.05, 3.63) is 0 Å². The van der Waals surface area contributed by atoms with E-state index in [-0.39, 0.29) is 5.78 Å². The average molecular weight is 314 g/mol. The molecule has 3 nitrogen and oxygen atoms in total. The van der Waals surface area contributed by atoms with Gasteiger partial charge in [-0.05, 0) is 12.8 Å². The second kappa shape index (κ2) is 11.2. The molecule has 0 bridgehead atoms. The lowest BCUT2D eigenvalue weighted by molar-refractivity contribution is -0.929. The van der Waals surface area contributed by atoms with Gasteiger partial charge in [-0.25, -0.2) is 0 Å². The Morgan fingerprint density at radius 1 is 0.864 bits per heavy atom. The Balaban J connectivity index is 3.85. The Labute approximate surface area is 139 Å². The first-order valence-electron chi connectivity index (χ1n) is 9.44. The number of carbonyl (C=O) groups excluding carboxylic acids is 1. The normalized spacial score (nSPS) is 14.8. The lowest BCUT2D eigenvalue weighted by Gasteiger charge is -2.42. The Morgan fingerprint density at radius 2 is 1.32 bits per heavy atom. The van der Waals surface area contributed by atoms with Crippen LogP contribution in [0.25, 0.3) is 0 Å². The number of carbonyl (C=O) groups is 1. The number of hydrogen-bond donors (Lipinski definition) is 1. The maximum absolute atomic E-state index is 12.5. The van der Waals surface area contributed by atoms with E-state index in [1.807, 2.05) is 6.92 Å². The van der Waals surface area contributed by atoms with Crippen LogP contribution in [0.1, 0.15) is 91.4 Å². The van der Waals surface area contributed by atoms with Gasteiger partial charge in [0.05, 0.1) is 20.6 Å². The Kier molecular flexibility index (Phi) is 11.0. The predicted octanol–water partition coefficient (Wildman–Crippen LogP) is 4.64. The van der Waals surface area contributed by atoms with Gasteiger partial charge in [-0.2, -0.15) is 0 Å². The van der Waals surface area contributed by atoms with Gasteiger partial charge in [0.1, 0.15) is 0 Å². The first kappa shape index (κ1) is 21.6. The Hall–Kier alpha value is -0.410. The third-order valence-electron chi connectivity index (χ3n) is 5.11. The first-order valence-corrected chi connectivity index (χ1v) is 9.44. The zero-order chi connectivity index (χ0) is 17.1. The summed E-state index contributed by atoms with van der Waals surface area (Å²) < 4.78 is 0.583. The van der Waals surface area contributed by atoms with Crippen molar-refractivity contribution in [2.45, 2.75) is 97.1 Å². The molecule has 0 amide bonds. The van der Waals surface area contributed by atoms with Crippen LogP contribution in [-0.2, 0) is 4.79 Å². The van der Waals surface area contributed by atoms with E-state index in [1.165, 1.54) is 44.9 Å². The largest absolute Gasteiger partial charge is 0.305 e. The van der Waals surface area contributed by atoms with Crippen molar-refractivity contribution in [1.82, 2.24) is 0 Å². The molecular weight excluding hydrogens is 272 g/mol. The fraction of sp³-hybridized carbons (Fsp3) is 0.947. The molecule has 0 rings (SSSR count). The quantitative estimate of drug-likeness (QED) is 0.288. The molecule has 1 unspecified atom stereocenters. The average Bonchev–Trinajstić information content (AvgIpc) is 2.45. The highest BCUT2D eigenvalue weighted by atomic mass is 16.1. The molecule has 0 aromatic heterocycles. The number of quaternary nitrogens is 1. The summed E-state index contributed by atoms with van der Waals surface area (Å²) in [4.78, 5) is 12.5. The van der Waals surface area contributed by atoms with Crippen molar-refractivity contribution in [3.8, 4) is 0 Å². The monoisotopic (exact) mass is 313 g/mol. The molecule has 0 saturated heterocycles. The van der Waals surface area contributed by atoms with Crippen LogP contribution >= 0.6 is 0 Å². The number of nitrogens with zero attached hydrogens (tertiary/aromatic N) is 1. The third kappa shape index (κ3) is 7.73. The highest BCUT2D eigenvalue weighted by Crippen LogP contribution is 2.20. The molecule has 2 N–H and O–H groups in total. The fourth-order valence-electron chi connectivity index (χ4n) is 2.98. The molecule has 3 heteroatoms. The maximum Gasteiger partial charge on any atom is 0.208 e. The second-order valence-electron chi connectivity index (χ2n) is 7.56. The number of nitrogens with two attached hydrogens (primary N) is 1. The van der Waals surface area contributed by atoms with E-state index < -0.39 is 5.66 Å². The van der Waals surface area contributed by atoms with Crippen molar-refractivity contribution < 1.29 is 9.28 Å². The van der Waals surface area contributed by atoms with E-state index in [2.05, 4.69) is 27.9 Å². The predicted molar refractivity (Wildman–Crippen MR) is 96.7 cm³/mol. The lowest BCUT2D eigenvalue weighted by atomic mass is 9.97. The summed E-state index contributed by atoms with van der Waals surface area (Å²) in [7, 11) is 4.13. The second-order valence-corrected chi connectivity index (χ2v) is 7.56. The maximum atomic E-state index is 12.5. The minimum Gasteiger partial charge on any atom is -0.305 e. The summed E-state index contributed by atoms with van der Waals surface area (Å²) in [5.74, 6) is 0.217. The van der Waals surface area contributed by atoms with Crippen LogP contribution in [0.3, 0.4) is 0 Å². The van der Waals surface area contributed by atoms with Gasteiger partial charge in [-0.1, -0.05) is 65.2 Å². The van der Waals surface area contributed by atoms with Gasteiger partial charge < -0.3 is 4.48 Å². The molecular formula is C19H41N2O+. The van der Waals surface area contributed by atoms with Crippen LogP contribution in [0.2, 0.25) is 0 Å². The number of ketones is 1. The van der Waals surface area contributed by atoms with Crippen LogP contribution in [-0.4, -0.2) is 36.6 Å². The summed E-state index contributed by atoms with van der Waals surface area (Å²) in [6, 6.07) is 0.